The molecule has 6 nitrogen and oxygen atoms in total. The van der Waals surface area contributed by atoms with Crippen molar-refractivity contribution in [2.45, 2.75) is 25.9 Å². The van der Waals surface area contributed by atoms with Crippen molar-refractivity contribution >= 4 is 5.91 Å². The second-order valence-electron chi connectivity index (χ2n) is 6.92. The van der Waals surface area contributed by atoms with Gasteiger partial charge in [0.2, 0.25) is 0 Å². The number of benzene rings is 2. The molecule has 1 amide bonds. The van der Waals surface area contributed by atoms with E-state index >= 15 is 0 Å². The lowest BCUT2D eigenvalue weighted by Crippen LogP contribution is -2.32. The van der Waals surface area contributed by atoms with Crippen LogP contribution in [0.15, 0.2) is 42.5 Å². The molecule has 6 heteroatoms. The molecule has 0 unspecified atom stereocenters. The lowest BCUT2D eigenvalue weighted by atomic mass is 10.0. The molecule has 0 bridgehead atoms. The van der Waals surface area contributed by atoms with E-state index in [-0.39, 0.29) is 18.1 Å². The predicted octanol–water partition coefficient (Wildman–Crippen LogP) is 2.98. The molecule has 1 N–H and O–H groups in total. The topological polar surface area (TPSA) is 66.0 Å². The van der Waals surface area contributed by atoms with Gasteiger partial charge in [0.15, 0.2) is 29.6 Å². The molecule has 1 aliphatic rings. The molecule has 0 radical (unpaired) electrons. The van der Waals surface area contributed by atoms with Gasteiger partial charge in [0.25, 0.3) is 5.91 Å². The van der Waals surface area contributed by atoms with E-state index in [1.807, 2.05) is 30.3 Å². The molecule has 27 heavy (non-hydrogen) atoms. The van der Waals surface area contributed by atoms with Gasteiger partial charge in [-0.3, -0.25) is 4.79 Å². The first-order valence-electron chi connectivity index (χ1n) is 8.95. The molecule has 2 aromatic carbocycles. The number of carbonyl (C=O) groups excluding carboxylic acids is 1. The average Bonchev–Trinajstić information content (AvgIpc) is 2.98. The summed E-state index contributed by atoms with van der Waals surface area (Å²) in [6, 6.07) is 13.1. The van der Waals surface area contributed by atoms with Crippen molar-refractivity contribution in [1.82, 2.24) is 5.32 Å². The van der Waals surface area contributed by atoms with Gasteiger partial charge >= 0.3 is 0 Å². The van der Waals surface area contributed by atoms with Crippen LogP contribution in [0.2, 0.25) is 0 Å². The molecule has 0 aromatic heterocycles. The maximum atomic E-state index is 11.9. The first-order valence-corrected chi connectivity index (χ1v) is 8.95. The largest absolute Gasteiger partial charge is 0.493 e. The van der Waals surface area contributed by atoms with Crippen LogP contribution in [0.3, 0.4) is 0 Å². The van der Waals surface area contributed by atoms with Gasteiger partial charge in [0.1, 0.15) is 12.2 Å². The van der Waals surface area contributed by atoms with Crippen molar-refractivity contribution in [1.29, 1.82) is 0 Å². The summed E-state index contributed by atoms with van der Waals surface area (Å²) in [5, 5.41) is 2.77. The van der Waals surface area contributed by atoms with E-state index in [9.17, 15) is 4.79 Å². The Morgan fingerprint density at radius 2 is 1.81 bits per heavy atom. The molecule has 0 aliphatic carbocycles. The first kappa shape index (κ1) is 18.9. The summed E-state index contributed by atoms with van der Waals surface area (Å²) in [7, 11) is 1.56. The van der Waals surface area contributed by atoms with Gasteiger partial charge in [-0.2, -0.15) is 0 Å². The number of hydrogen-bond donors (Lipinski definition) is 1. The molecular weight excluding hydrogens is 346 g/mol. The summed E-state index contributed by atoms with van der Waals surface area (Å²) < 4.78 is 22.4. The summed E-state index contributed by atoms with van der Waals surface area (Å²) >= 11 is 0. The number of para-hydroxylation sites is 3. The lowest BCUT2D eigenvalue weighted by molar-refractivity contribution is -0.123. The van der Waals surface area contributed by atoms with Crippen LogP contribution in [0, 0.1) is 0 Å². The van der Waals surface area contributed by atoms with Crippen molar-refractivity contribution in [3.63, 3.8) is 0 Å². The van der Waals surface area contributed by atoms with Crippen LogP contribution in [0.4, 0.5) is 0 Å². The summed E-state index contributed by atoms with van der Waals surface area (Å²) in [4.78, 5) is 11.9. The van der Waals surface area contributed by atoms with E-state index in [0.717, 1.165) is 17.7 Å². The minimum Gasteiger partial charge on any atom is -0.493 e. The van der Waals surface area contributed by atoms with Crippen LogP contribution >= 0.6 is 0 Å². The molecule has 2 aromatic rings. The van der Waals surface area contributed by atoms with Crippen LogP contribution in [0.1, 0.15) is 19.4 Å². The van der Waals surface area contributed by atoms with E-state index in [2.05, 4.69) is 19.2 Å². The quantitative estimate of drug-likeness (QED) is 0.723. The zero-order valence-corrected chi connectivity index (χ0v) is 15.9. The maximum absolute atomic E-state index is 11.9. The molecule has 0 spiro atoms. The number of fused-ring (bicyclic) bond motifs is 1. The van der Waals surface area contributed by atoms with E-state index in [4.69, 9.17) is 18.9 Å². The van der Waals surface area contributed by atoms with E-state index in [0.29, 0.717) is 30.4 Å². The van der Waals surface area contributed by atoms with Crippen LogP contribution in [0.5, 0.6) is 23.0 Å². The van der Waals surface area contributed by atoms with E-state index in [1.54, 1.807) is 19.2 Å². The van der Waals surface area contributed by atoms with Gasteiger partial charge in [-0.15, -0.1) is 0 Å². The van der Waals surface area contributed by atoms with Crippen LogP contribution in [-0.4, -0.2) is 38.4 Å². The minimum absolute atomic E-state index is 0.0849. The highest BCUT2D eigenvalue weighted by Gasteiger charge is 2.32. The van der Waals surface area contributed by atoms with Crippen LogP contribution in [-0.2, 0) is 11.2 Å². The fourth-order valence-corrected chi connectivity index (χ4v) is 2.98. The standard InChI is InChI=1S/C21H25NO5/c1-21(2)13-15-7-6-10-18(20(15)27-21)25-12-11-22-19(23)14-26-17-9-5-4-8-16(17)24-3/h4-10H,11-14H2,1-3H3,(H,22,23). The maximum Gasteiger partial charge on any atom is 0.258 e. The highest BCUT2D eigenvalue weighted by Crippen LogP contribution is 2.41. The van der Waals surface area contributed by atoms with Crippen molar-refractivity contribution in [2.24, 2.45) is 0 Å². The van der Waals surface area contributed by atoms with Gasteiger partial charge in [0.05, 0.1) is 13.7 Å². The Morgan fingerprint density at radius 1 is 1.07 bits per heavy atom. The summed E-state index contributed by atoms with van der Waals surface area (Å²) in [6.45, 7) is 4.75. The summed E-state index contributed by atoms with van der Waals surface area (Å²) in [5.41, 5.74) is 0.929. The van der Waals surface area contributed by atoms with Gasteiger partial charge in [-0.05, 0) is 32.0 Å². The Hall–Kier alpha value is -2.89. The van der Waals surface area contributed by atoms with Crippen LogP contribution < -0.4 is 24.3 Å². The monoisotopic (exact) mass is 371 g/mol. The minimum atomic E-state index is -0.222. The lowest BCUT2D eigenvalue weighted by Gasteiger charge is -2.18. The van der Waals surface area contributed by atoms with Gasteiger partial charge in [-0.25, -0.2) is 0 Å². The average molecular weight is 371 g/mol. The molecule has 3 rings (SSSR count). The summed E-state index contributed by atoms with van der Waals surface area (Å²) in [6.07, 6.45) is 0.858. The Labute approximate surface area is 159 Å². The Morgan fingerprint density at radius 3 is 2.59 bits per heavy atom. The molecule has 1 heterocycles. The molecular formula is C21H25NO5. The van der Waals surface area contributed by atoms with Crippen molar-refractivity contribution in [3.05, 3.63) is 48.0 Å². The van der Waals surface area contributed by atoms with Gasteiger partial charge in [-0.1, -0.05) is 24.3 Å². The zero-order valence-electron chi connectivity index (χ0n) is 15.9. The number of rotatable bonds is 8. The zero-order chi connectivity index (χ0) is 19.3. The molecule has 0 saturated heterocycles. The smallest absolute Gasteiger partial charge is 0.258 e. The number of methoxy groups -OCH3 is 1. The number of ether oxygens (including phenoxy) is 4. The fourth-order valence-electron chi connectivity index (χ4n) is 2.98. The molecule has 0 fully saturated rings. The Kier molecular flexibility index (Phi) is 5.74. The van der Waals surface area contributed by atoms with Gasteiger partial charge < -0.3 is 24.3 Å². The van der Waals surface area contributed by atoms with Crippen molar-refractivity contribution in [2.75, 3.05) is 26.9 Å². The number of amides is 1. The molecule has 0 saturated carbocycles. The third-order valence-corrected chi connectivity index (χ3v) is 4.16. The third-order valence-electron chi connectivity index (χ3n) is 4.16. The van der Waals surface area contributed by atoms with Crippen molar-refractivity contribution < 1.29 is 23.7 Å². The van der Waals surface area contributed by atoms with Crippen LogP contribution in [0.25, 0.3) is 0 Å². The van der Waals surface area contributed by atoms with Gasteiger partial charge in [0, 0.05) is 12.0 Å². The molecule has 1 aliphatic heterocycles. The second-order valence-corrected chi connectivity index (χ2v) is 6.92. The first-order chi connectivity index (χ1) is 13.0. The number of hydrogen-bond acceptors (Lipinski definition) is 5. The van der Waals surface area contributed by atoms with E-state index < -0.39 is 0 Å². The molecule has 144 valence electrons. The SMILES string of the molecule is COc1ccccc1OCC(=O)NCCOc1cccc2c1OC(C)(C)C2. The normalized spacial score (nSPS) is 14.0. The van der Waals surface area contributed by atoms with E-state index in [1.165, 1.54) is 0 Å². The molecule has 0 atom stereocenters. The Balaban J connectivity index is 1.42. The second kappa shape index (κ2) is 8.20. The number of carbonyl (C=O) groups is 1. The third kappa shape index (κ3) is 4.84. The van der Waals surface area contributed by atoms with Crippen molar-refractivity contribution in [3.8, 4) is 23.0 Å². The number of nitrogens with one attached hydrogen (secondary N) is 1. The highest BCUT2D eigenvalue weighted by molar-refractivity contribution is 5.77. The predicted molar refractivity (Wildman–Crippen MR) is 102 cm³/mol. The highest BCUT2D eigenvalue weighted by atomic mass is 16.5. The summed E-state index contributed by atoms with van der Waals surface area (Å²) in [5.74, 6) is 2.41. The Bertz CT molecular complexity index is 803. The fraction of sp³-hybridized carbons (Fsp3) is 0.381.